The highest BCUT2D eigenvalue weighted by molar-refractivity contribution is 6.31. The third-order valence-corrected chi connectivity index (χ3v) is 5.39. The summed E-state index contributed by atoms with van der Waals surface area (Å²) in [4.78, 5) is 15.3. The largest absolute Gasteiger partial charge is 0.327 e. The molecule has 0 saturated heterocycles. The van der Waals surface area contributed by atoms with Crippen LogP contribution in [0.3, 0.4) is 0 Å². The average Bonchev–Trinajstić information content (AvgIpc) is 2.68. The minimum atomic E-state index is -0.164. The molecule has 1 unspecified atom stereocenters. The monoisotopic (exact) mass is 361 g/mol. The van der Waals surface area contributed by atoms with Crippen molar-refractivity contribution in [3.05, 3.63) is 106 Å². The molecule has 0 aliphatic carbocycles. The molecule has 1 amide bonds. The van der Waals surface area contributed by atoms with E-state index in [9.17, 15) is 4.79 Å². The number of halogens is 1. The standard InChI is InChI=1S/C23H20ClNO/c1-16-10-12-18(13-11-16)23(26)25-15-14-17-6-2-3-7-19(17)22(25)20-8-4-5-9-21(20)24/h2-13,22H,14-15H2,1H3. The lowest BCUT2D eigenvalue weighted by atomic mass is 9.87. The van der Waals surface area contributed by atoms with Crippen LogP contribution in [0.1, 0.15) is 38.7 Å². The van der Waals surface area contributed by atoms with Crippen molar-refractivity contribution in [1.29, 1.82) is 0 Å². The molecule has 0 aromatic heterocycles. The van der Waals surface area contributed by atoms with Crippen LogP contribution in [0.4, 0.5) is 0 Å². The Morgan fingerprint density at radius 2 is 1.58 bits per heavy atom. The van der Waals surface area contributed by atoms with Gasteiger partial charge in [-0.2, -0.15) is 0 Å². The molecule has 1 aliphatic heterocycles. The normalized spacial score (nSPS) is 16.2. The Bertz CT molecular complexity index is 948. The lowest BCUT2D eigenvalue weighted by molar-refractivity contribution is 0.0694. The summed E-state index contributed by atoms with van der Waals surface area (Å²) in [5, 5.41) is 0.691. The summed E-state index contributed by atoms with van der Waals surface area (Å²) in [6.07, 6.45) is 0.856. The van der Waals surface area contributed by atoms with Crippen LogP contribution in [0.25, 0.3) is 0 Å². The lowest BCUT2D eigenvalue weighted by Gasteiger charge is -2.38. The van der Waals surface area contributed by atoms with Crippen molar-refractivity contribution in [3.63, 3.8) is 0 Å². The fourth-order valence-electron chi connectivity index (χ4n) is 3.68. The van der Waals surface area contributed by atoms with Gasteiger partial charge in [-0.05, 0) is 48.2 Å². The van der Waals surface area contributed by atoms with Crippen molar-refractivity contribution in [1.82, 2.24) is 4.90 Å². The van der Waals surface area contributed by atoms with Crippen LogP contribution < -0.4 is 0 Å². The van der Waals surface area contributed by atoms with E-state index in [0.717, 1.165) is 23.1 Å². The molecule has 1 atom stereocenters. The van der Waals surface area contributed by atoms with Crippen molar-refractivity contribution >= 4 is 17.5 Å². The Labute approximate surface area is 159 Å². The van der Waals surface area contributed by atoms with E-state index in [0.29, 0.717) is 17.1 Å². The van der Waals surface area contributed by atoms with Crippen LogP contribution >= 0.6 is 11.6 Å². The average molecular weight is 362 g/mol. The van der Waals surface area contributed by atoms with E-state index >= 15 is 0 Å². The number of carbonyl (C=O) groups is 1. The molecule has 3 aromatic carbocycles. The van der Waals surface area contributed by atoms with Gasteiger partial charge in [0.05, 0.1) is 6.04 Å². The molecule has 4 rings (SSSR count). The van der Waals surface area contributed by atoms with Gasteiger partial charge in [0.2, 0.25) is 0 Å². The number of nitrogens with zero attached hydrogens (tertiary/aromatic N) is 1. The SMILES string of the molecule is Cc1ccc(C(=O)N2CCc3ccccc3C2c2ccccc2Cl)cc1. The third-order valence-electron chi connectivity index (χ3n) is 5.04. The second-order valence-electron chi connectivity index (χ2n) is 6.74. The maximum Gasteiger partial charge on any atom is 0.254 e. The summed E-state index contributed by atoms with van der Waals surface area (Å²) in [6, 6.07) is 23.8. The molecule has 0 fully saturated rings. The van der Waals surface area contributed by atoms with Gasteiger partial charge in [-0.1, -0.05) is 71.8 Å². The number of benzene rings is 3. The molecule has 1 heterocycles. The smallest absolute Gasteiger partial charge is 0.254 e. The van der Waals surface area contributed by atoms with Crippen molar-refractivity contribution in [2.75, 3.05) is 6.54 Å². The number of aryl methyl sites for hydroxylation is 1. The molecule has 3 aromatic rings. The Morgan fingerprint density at radius 1 is 0.923 bits per heavy atom. The van der Waals surface area contributed by atoms with Crippen LogP contribution in [0, 0.1) is 6.92 Å². The Balaban J connectivity index is 1.82. The number of amides is 1. The summed E-state index contributed by atoms with van der Waals surface area (Å²) in [7, 11) is 0. The van der Waals surface area contributed by atoms with Crippen molar-refractivity contribution < 1.29 is 4.79 Å². The van der Waals surface area contributed by atoms with Gasteiger partial charge < -0.3 is 4.90 Å². The van der Waals surface area contributed by atoms with Crippen LogP contribution in [0.2, 0.25) is 5.02 Å². The van der Waals surface area contributed by atoms with E-state index < -0.39 is 0 Å². The van der Waals surface area contributed by atoms with Gasteiger partial charge in [0, 0.05) is 17.1 Å². The summed E-state index contributed by atoms with van der Waals surface area (Å²) in [5.41, 5.74) is 5.28. The maximum absolute atomic E-state index is 13.3. The van der Waals surface area contributed by atoms with Crippen LogP contribution in [-0.4, -0.2) is 17.4 Å². The molecular weight excluding hydrogens is 342 g/mol. The summed E-state index contributed by atoms with van der Waals surface area (Å²) < 4.78 is 0. The highest BCUT2D eigenvalue weighted by Gasteiger charge is 2.33. The van der Waals surface area contributed by atoms with Gasteiger partial charge in [0.25, 0.3) is 5.91 Å². The van der Waals surface area contributed by atoms with Crippen LogP contribution in [0.15, 0.2) is 72.8 Å². The molecule has 26 heavy (non-hydrogen) atoms. The first-order chi connectivity index (χ1) is 12.6. The quantitative estimate of drug-likeness (QED) is 0.595. The van der Waals surface area contributed by atoms with Crippen molar-refractivity contribution in [3.8, 4) is 0 Å². The Kier molecular flexibility index (Phi) is 4.52. The summed E-state index contributed by atoms with van der Waals surface area (Å²) in [6.45, 7) is 2.71. The van der Waals surface area contributed by atoms with Gasteiger partial charge in [-0.25, -0.2) is 0 Å². The zero-order valence-electron chi connectivity index (χ0n) is 14.7. The van der Waals surface area contributed by atoms with Crippen LogP contribution in [0.5, 0.6) is 0 Å². The number of hydrogen-bond donors (Lipinski definition) is 0. The molecule has 0 bridgehead atoms. The zero-order valence-corrected chi connectivity index (χ0v) is 15.4. The number of rotatable bonds is 2. The fourth-order valence-corrected chi connectivity index (χ4v) is 3.92. The molecular formula is C23H20ClNO. The van der Waals surface area contributed by atoms with E-state index in [4.69, 9.17) is 11.6 Å². The number of hydrogen-bond acceptors (Lipinski definition) is 1. The minimum absolute atomic E-state index is 0.0458. The molecule has 0 N–H and O–H groups in total. The molecule has 0 saturated carbocycles. The molecule has 3 heteroatoms. The number of fused-ring (bicyclic) bond motifs is 1. The van der Waals surface area contributed by atoms with E-state index in [1.54, 1.807) is 0 Å². The van der Waals surface area contributed by atoms with Gasteiger partial charge in [0.1, 0.15) is 0 Å². The van der Waals surface area contributed by atoms with Crippen molar-refractivity contribution in [2.24, 2.45) is 0 Å². The molecule has 1 aliphatic rings. The van der Waals surface area contributed by atoms with E-state index in [1.807, 2.05) is 66.4 Å². The Hall–Kier alpha value is -2.58. The third kappa shape index (κ3) is 3.02. The maximum atomic E-state index is 13.3. The molecule has 130 valence electrons. The van der Waals surface area contributed by atoms with E-state index in [-0.39, 0.29) is 11.9 Å². The Morgan fingerprint density at radius 3 is 2.31 bits per heavy atom. The topological polar surface area (TPSA) is 20.3 Å². The highest BCUT2D eigenvalue weighted by Crippen LogP contribution is 2.38. The van der Waals surface area contributed by atoms with Crippen LogP contribution in [-0.2, 0) is 6.42 Å². The summed E-state index contributed by atoms with van der Waals surface area (Å²) >= 11 is 6.52. The predicted octanol–water partition coefficient (Wildman–Crippen LogP) is 5.44. The van der Waals surface area contributed by atoms with Crippen molar-refractivity contribution in [2.45, 2.75) is 19.4 Å². The zero-order chi connectivity index (χ0) is 18.1. The first-order valence-electron chi connectivity index (χ1n) is 8.85. The highest BCUT2D eigenvalue weighted by atomic mass is 35.5. The predicted molar refractivity (Wildman–Crippen MR) is 106 cm³/mol. The second-order valence-corrected chi connectivity index (χ2v) is 7.14. The molecule has 0 spiro atoms. The molecule has 0 radical (unpaired) electrons. The fraction of sp³-hybridized carbons (Fsp3) is 0.174. The van der Waals surface area contributed by atoms with Gasteiger partial charge >= 0.3 is 0 Å². The minimum Gasteiger partial charge on any atom is -0.327 e. The molecule has 2 nitrogen and oxygen atoms in total. The van der Waals surface area contributed by atoms with Gasteiger partial charge in [-0.15, -0.1) is 0 Å². The summed E-state index contributed by atoms with van der Waals surface area (Å²) in [5.74, 6) is 0.0458. The first-order valence-corrected chi connectivity index (χ1v) is 9.23. The van der Waals surface area contributed by atoms with E-state index in [2.05, 4.69) is 18.2 Å². The lowest BCUT2D eigenvalue weighted by Crippen LogP contribution is -2.40. The first kappa shape index (κ1) is 16.9. The van der Waals surface area contributed by atoms with Gasteiger partial charge in [-0.3, -0.25) is 4.79 Å². The number of carbonyl (C=O) groups excluding carboxylic acids is 1. The second kappa shape index (κ2) is 6.97. The van der Waals surface area contributed by atoms with E-state index in [1.165, 1.54) is 5.56 Å². The van der Waals surface area contributed by atoms with Gasteiger partial charge in [0.15, 0.2) is 0 Å².